The van der Waals surface area contributed by atoms with E-state index in [0.717, 1.165) is 11.0 Å². The van der Waals surface area contributed by atoms with Crippen LogP contribution in [-0.2, 0) is 15.7 Å². The van der Waals surface area contributed by atoms with Gasteiger partial charge in [0.2, 0.25) is 0 Å². The summed E-state index contributed by atoms with van der Waals surface area (Å²) in [5, 5.41) is 9.60. The molecule has 102 valence electrons. The predicted octanol–water partition coefficient (Wildman–Crippen LogP) is 2.42. The van der Waals surface area contributed by atoms with Crippen LogP contribution in [-0.4, -0.2) is 23.4 Å². The lowest BCUT2D eigenvalue weighted by molar-refractivity contribution is 0.00578. The maximum absolute atomic E-state index is 9.60. The molecule has 19 heavy (non-hydrogen) atoms. The Morgan fingerprint density at radius 2 is 1.79 bits per heavy atom. The highest BCUT2D eigenvalue weighted by molar-refractivity contribution is 6.62. The van der Waals surface area contributed by atoms with Gasteiger partial charge in [-0.25, -0.2) is 0 Å². The van der Waals surface area contributed by atoms with E-state index in [0.29, 0.717) is 6.42 Å². The summed E-state index contributed by atoms with van der Waals surface area (Å²) in [6.07, 6.45) is 2.48. The number of allylic oxidation sites excluding steroid dienone is 1. The summed E-state index contributed by atoms with van der Waals surface area (Å²) in [4.78, 5) is 0. The first-order valence-electron chi connectivity index (χ1n) is 6.55. The summed E-state index contributed by atoms with van der Waals surface area (Å²) in [5.41, 5.74) is 1.21. The van der Waals surface area contributed by atoms with E-state index >= 15 is 0 Å². The Bertz CT molecular complexity index is 478. The number of aromatic hydroxyl groups is 1. The molecule has 1 N–H and O–H groups in total. The summed E-state index contributed by atoms with van der Waals surface area (Å²) in [6, 6.07) is 5.26. The van der Waals surface area contributed by atoms with Gasteiger partial charge in [0.1, 0.15) is 5.75 Å². The van der Waals surface area contributed by atoms with Crippen LogP contribution < -0.4 is 5.46 Å². The zero-order chi connectivity index (χ0) is 14.3. The molecule has 4 heteroatoms. The van der Waals surface area contributed by atoms with E-state index in [-0.39, 0.29) is 17.0 Å². The summed E-state index contributed by atoms with van der Waals surface area (Å²) in [7, 11) is -0.402. The first-order chi connectivity index (χ1) is 8.77. The van der Waals surface area contributed by atoms with Gasteiger partial charge in [-0.05, 0) is 57.3 Å². The molecule has 1 aliphatic heterocycles. The minimum Gasteiger partial charge on any atom is -0.508 e. The maximum atomic E-state index is 9.60. The van der Waals surface area contributed by atoms with Crippen molar-refractivity contribution in [2.24, 2.45) is 0 Å². The zero-order valence-corrected chi connectivity index (χ0v) is 12.1. The van der Waals surface area contributed by atoms with Gasteiger partial charge in [0.05, 0.1) is 11.2 Å². The Morgan fingerprint density at radius 3 is 2.32 bits per heavy atom. The van der Waals surface area contributed by atoms with E-state index in [2.05, 4.69) is 6.58 Å². The quantitative estimate of drug-likeness (QED) is 0.670. The Balaban J connectivity index is 2.36. The van der Waals surface area contributed by atoms with Crippen LogP contribution in [0.25, 0.3) is 0 Å². The molecule has 0 unspecified atom stereocenters. The maximum Gasteiger partial charge on any atom is 0.495 e. The second-order valence-corrected chi connectivity index (χ2v) is 5.96. The molecule has 0 saturated carbocycles. The number of rotatable bonds is 3. The van der Waals surface area contributed by atoms with Gasteiger partial charge >= 0.3 is 7.12 Å². The normalized spacial score (nSPS) is 20.5. The zero-order valence-electron chi connectivity index (χ0n) is 12.1. The van der Waals surface area contributed by atoms with Crippen LogP contribution in [0.1, 0.15) is 33.3 Å². The number of phenolic OH excluding ortho intramolecular Hbond substituents is 1. The van der Waals surface area contributed by atoms with Gasteiger partial charge in [0.15, 0.2) is 0 Å². The Morgan fingerprint density at radius 1 is 1.21 bits per heavy atom. The minimum absolute atomic E-state index is 0.247. The van der Waals surface area contributed by atoms with Crippen molar-refractivity contribution in [2.75, 3.05) is 0 Å². The lowest BCUT2D eigenvalue weighted by Gasteiger charge is -2.32. The average Bonchev–Trinajstić information content (AvgIpc) is 2.48. The fourth-order valence-corrected chi connectivity index (χ4v) is 2.12. The molecule has 1 aromatic carbocycles. The summed E-state index contributed by atoms with van der Waals surface area (Å²) < 4.78 is 12.1. The van der Waals surface area contributed by atoms with Crippen LogP contribution >= 0.6 is 0 Å². The molecule has 1 aromatic rings. The van der Waals surface area contributed by atoms with Crippen molar-refractivity contribution in [3.05, 3.63) is 36.4 Å². The third kappa shape index (κ3) is 2.56. The highest BCUT2D eigenvalue weighted by atomic mass is 16.7. The van der Waals surface area contributed by atoms with Gasteiger partial charge in [-0.3, -0.25) is 0 Å². The van der Waals surface area contributed by atoms with E-state index in [1.807, 2.05) is 39.8 Å². The molecule has 0 radical (unpaired) electrons. The smallest absolute Gasteiger partial charge is 0.495 e. The average molecular weight is 260 g/mol. The Hall–Kier alpha value is -1.26. The van der Waals surface area contributed by atoms with Crippen molar-refractivity contribution in [2.45, 2.75) is 45.3 Å². The Kier molecular flexibility index (Phi) is 3.50. The van der Waals surface area contributed by atoms with Gasteiger partial charge < -0.3 is 14.4 Å². The first kappa shape index (κ1) is 14.2. The number of hydrogen-bond acceptors (Lipinski definition) is 3. The van der Waals surface area contributed by atoms with Crippen molar-refractivity contribution < 1.29 is 14.4 Å². The van der Waals surface area contributed by atoms with Crippen LogP contribution in [0.2, 0.25) is 0 Å². The SMILES string of the molecule is C=CCc1cc(O)ccc1B1OC(C)(C)C(C)(C)O1. The second kappa shape index (κ2) is 4.69. The monoisotopic (exact) mass is 260 g/mol. The number of phenols is 1. The molecule has 0 spiro atoms. The third-order valence-corrected chi connectivity index (χ3v) is 4.00. The summed E-state index contributed by atoms with van der Waals surface area (Å²) >= 11 is 0. The van der Waals surface area contributed by atoms with Gasteiger partial charge in [-0.2, -0.15) is 0 Å². The molecule has 1 aliphatic rings. The molecule has 3 nitrogen and oxygen atoms in total. The molecule has 0 aromatic heterocycles. The molecule has 0 bridgehead atoms. The molecule has 2 rings (SSSR count). The van der Waals surface area contributed by atoms with E-state index in [1.165, 1.54) is 0 Å². The highest BCUT2D eigenvalue weighted by Gasteiger charge is 2.52. The molecule has 0 amide bonds. The van der Waals surface area contributed by atoms with Crippen molar-refractivity contribution in [1.82, 2.24) is 0 Å². The van der Waals surface area contributed by atoms with Crippen molar-refractivity contribution in [3.8, 4) is 5.75 Å². The van der Waals surface area contributed by atoms with Crippen LogP contribution in [0.5, 0.6) is 5.75 Å². The van der Waals surface area contributed by atoms with Gasteiger partial charge in [-0.15, -0.1) is 6.58 Å². The minimum atomic E-state index is -0.402. The van der Waals surface area contributed by atoms with Crippen molar-refractivity contribution in [1.29, 1.82) is 0 Å². The number of hydrogen-bond donors (Lipinski definition) is 1. The molecule has 0 atom stereocenters. The van der Waals surface area contributed by atoms with Crippen LogP contribution in [0, 0.1) is 0 Å². The third-order valence-electron chi connectivity index (χ3n) is 4.00. The molecule has 1 fully saturated rings. The summed E-state index contributed by atoms with van der Waals surface area (Å²) in [5.74, 6) is 0.247. The fraction of sp³-hybridized carbons (Fsp3) is 0.467. The second-order valence-electron chi connectivity index (χ2n) is 5.96. The van der Waals surface area contributed by atoms with E-state index in [1.54, 1.807) is 12.1 Å². The topological polar surface area (TPSA) is 38.7 Å². The molecule has 1 heterocycles. The summed E-state index contributed by atoms with van der Waals surface area (Å²) in [6.45, 7) is 11.9. The molecular formula is C15H21BO3. The van der Waals surface area contributed by atoms with Crippen LogP contribution in [0.4, 0.5) is 0 Å². The largest absolute Gasteiger partial charge is 0.508 e. The van der Waals surface area contributed by atoms with E-state index < -0.39 is 7.12 Å². The Labute approximate surface area is 115 Å². The van der Waals surface area contributed by atoms with Crippen molar-refractivity contribution >= 4 is 12.6 Å². The standard InChI is InChI=1S/C15H21BO3/c1-6-7-11-10-12(17)8-9-13(11)16-18-14(2,3)15(4,5)19-16/h6,8-10,17H,1,7H2,2-5H3. The number of benzene rings is 1. The molecule has 1 saturated heterocycles. The fourth-order valence-electron chi connectivity index (χ4n) is 2.12. The van der Waals surface area contributed by atoms with E-state index in [9.17, 15) is 5.11 Å². The molecular weight excluding hydrogens is 239 g/mol. The van der Waals surface area contributed by atoms with Crippen LogP contribution in [0.15, 0.2) is 30.9 Å². The van der Waals surface area contributed by atoms with E-state index in [4.69, 9.17) is 9.31 Å². The first-order valence-corrected chi connectivity index (χ1v) is 6.55. The highest BCUT2D eigenvalue weighted by Crippen LogP contribution is 2.36. The van der Waals surface area contributed by atoms with Crippen molar-refractivity contribution in [3.63, 3.8) is 0 Å². The molecule has 0 aliphatic carbocycles. The predicted molar refractivity (Wildman–Crippen MR) is 77.7 cm³/mol. The van der Waals surface area contributed by atoms with Gasteiger partial charge in [-0.1, -0.05) is 12.1 Å². The van der Waals surface area contributed by atoms with Crippen LogP contribution in [0.3, 0.4) is 0 Å². The lowest BCUT2D eigenvalue weighted by Crippen LogP contribution is -2.41. The van der Waals surface area contributed by atoms with Gasteiger partial charge in [0, 0.05) is 0 Å². The van der Waals surface area contributed by atoms with Gasteiger partial charge in [0.25, 0.3) is 0 Å². The lowest BCUT2D eigenvalue weighted by atomic mass is 9.75.